The summed E-state index contributed by atoms with van der Waals surface area (Å²) in [4.78, 5) is 12.6. The number of aliphatic hydroxyl groups is 1. The minimum Gasteiger partial charge on any atom is -0.389 e. The number of hydrogen-bond donors (Lipinski definition) is 3. The molecule has 3 rings (SSSR count). The standard InChI is InChI=1S/C22H28N2O2.ClH/c25-20-17-23-16-15-22(20,19-12-5-2-6-13-19)24-21(26)14-8-7-11-18-9-3-1-4-10-18;/h1-6,9-10,12-13,20,23,25H,7-8,11,14-17H2,(H,24,26);1H/t20-,22+;/m1./s1. The lowest BCUT2D eigenvalue weighted by Crippen LogP contribution is -2.61. The lowest BCUT2D eigenvalue weighted by atomic mass is 9.79. The minimum absolute atomic E-state index is 0. The van der Waals surface area contributed by atoms with E-state index in [4.69, 9.17) is 0 Å². The first-order valence-electron chi connectivity index (χ1n) is 9.50. The van der Waals surface area contributed by atoms with Crippen molar-refractivity contribution in [3.63, 3.8) is 0 Å². The predicted molar refractivity (Wildman–Crippen MR) is 111 cm³/mol. The Morgan fingerprint density at radius 2 is 1.74 bits per heavy atom. The summed E-state index contributed by atoms with van der Waals surface area (Å²) in [5.41, 5.74) is 1.59. The molecule has 5 heteroatoms. The molecule has 0 aliphatic carbocycles. The number of benzene rings is 2. The van der Waals surface area contributed by atoms with Crippen LogP contribution in [0.3, 0.4) is 0 Å². The molecule has 1 fully saturated rings. The molecule has 146 valence electrons. The molecule has 0 saturated carbocycles. The minimum atomic E-state index is -0.691. The van der Waals surface area contributed by atoms with E-state index in [1.807, 2.05) is 48.5 Å². The molecule has 1 saturated heterocycles. The van der Waals surface area contributed by atoms with Crippen LogP contribution in [0.5, 0.6) is 0 Å². The molecule has 27 heavy (non-hydrogen) atoms. The summed E-state index contributed by atoms with van der Waals surface area (Å²) in [6, 6.07) is 20.2. The second-order valence-electron chi connectivity index (χ2n) is 7.05. The summed E-state index contributed by atoms with van der Waals surface area (Å²) in [5, 5.41) is 17.0. The Bertz CT molecular complexity index is 696. The van der Waals surface area contributed by atoms with Gasteiger partial charge in [-0.05, 0) is 43.4 Å². The fourth-order valence-electron chi connectivity index (χ4n) is 3.73. The van der Waals surface area contributed by atoms with Crippen molar-refractivity contribution in [1.82, 2.24) is 10.6 Å². The number of β-amino-alcohol motifs (C(OH)–C–C–N with tert-alkyl or cyclic N) is 1. The van der Waals surface area contributed by atoms with Crippen LogP contribution in [-0.4, -0.2) is 30.2 Å². The van der Waals surface area contributed by atoms with Gasteiger partial charge in [-0.1, -0.05) is 60.7 Å². The summed E-state index contributed by atoms with van der Waals surface area (Å²) >= 11 is 0. The zero-order chi connectivity index (χ0) is 18.2. The summed E-state index contributed by atoms with van der Waals surface area (Å²) in [7, 11) is 0. The summed E-state index contributed by atoms with van der Waals surface area (Å²) in [5.74, 6) is 0.0165. The van der Waals surface area contributed by atoms with Gasteiger partial charge in [-0.2, -0.15) is 0 Å². The molecule has 4 nitrogen and oxygen atoms in total. The SMILES string of the molecule is Cl.O=C(CCCCc1ccccc1)N[C@]1(c2ccccc2)CCNC[C@H]1O. The third-order valence-corrected chi connectivity index (χ3v) is 5.22. The number of hydrogen-bond acceptors (Lipinski definition) is 3. The molecular formula is C22H29ClN2O2. The molecule has 0 aromatic heterocycles. The topological polar surface area (TPSA) is 61.4 Å². The van der Waals surface area contributed by atoms with E-state index in [9.17, 15) is 9.90 Å². The van der Waals surface area contributed by atoms with Crippen LogP contribution in [0, 0.1) is 0 Å². The van der Waals surface area contributed by atoms with Crippen molar-refractivity contribution < 1.29 is 9.90 Å². The predicted octanol–water partition coefficient (Wildman–Crippen LogP) is 3.19. The molecule has 0 unspecified atom stereocenters. The number of amides is 1. The molecule has 1 aliphatic heterocycles. The Hall–Kier alpha value is -1.88. The molecule has 1 amide bonds. The first kappa shape index (κ1) is 21.4. The average Bonchev–Trinajstić information content (AvgIpc) is 2.69. The van der Waals surface area contributed by atoms with E-state index < -0.39 is 11.6 Å². The van der Waals surface area contributed by atoms with Crippen LogP contribution in [0.4, 0.5) is 0 Å². The Morgan fingerprint density at radius 1 is 1.07 bits per heavy atom. The highest BCUT2D eigenvalue weighted by atomic mass is 35.5. The van der Waals surface area contributed by atoms with Crippen molar-refractivity contribution in [2.75, 3.05) is 13.1 Å². The van der Waals surface area contributed by atoms with Crippen molar-refractivity contribution in [1.29, 1.82) is 0 Å². The van der Waals surface area contributed by atoms with Crippen LogP contribution in [0.1, 0.15) is 36.8 Å². The van der Waals surface area contributed by atoms with Crippen LogP contribution in [0.2, 0.25) is 0 Å². The summed E-state index contributed by atoms with van der Waals surface area (Å²) in [6.45, 7) is 1.27. The number of piperidine rings is 1. The van der Waals surface area contributed by atoms with Gasteiger partial charge in [0, 0.05) is 13.0 Å². The van der Waals surface area contributed by atoms with E-state index in [-0.39, 0.29) is 18.3 Å². The van der Waals surface area contributed by atoms with Crippen molar-refractivity contribution >= 4 is 18.3 Å². The molecule has 1 heterocycles. The van der Waals surface area contributed by atoms with Gasteiger partial charge in [-0.15, -0.1) is 12.4 Å². The molecule has 2 aromatic carbocycles. The second-order valence-corrected chi connectivity index (χ2v) is 7.05. The first-order valence-corrected chi connectivity index (χ1v) is 9.50. The monoisotopic (exact) mass is 388 g/mol. The van der Waals surface area contributed by atoms with Gasteiger partial charge >= 0.3 is 0 Å². The molecule has 0 radical (unpaired) electrons. The van der Waals surface area contributed by atoms with E-state index in [0.29, 0.717) is 19.4 Å². The van der Waals surface area contributed by atoms with Gasteiger partial charge in [0.25, 0.3) is 0 Å². The Balaban J connectivity index is 0.00000261. The van der Waals surface area contributed by atoms with Crippen molar-refractivity contribution in [3.05, 3.63) is 71.8 Å². The third kappa shape index (κ3) is 5.55. The summed E-state index contributed by atoms with van der Waals surface area (Å²) in [6.07, 6.45) is 3.37. The van der Waals surface area contributed by atoms with Crippen LogP contribution in [0.15, 0.2) is 60.7 Å². The molecule has 2 aromatic rings. The molecule has 0 spiro atoms. The number of nitrogens with one attached hydrogen (secondary N) is 2. The van der Waals surface area contributed by atoms with Crippen molar-refractivity contribution in [2.24, 2.45) is 0 Å². The van der Waals surface area contributed by atoms with Gasteiger partial charge in [0.05, 0.1) is 11.6 Å². The average molecular weight is 389 g/mol. The molecule has 2 atom stereocenters. The zero-order valence-corrected chi connectivity index (χ0v) is 16.4. The number of halogens is 1. The molecule has 3 N–H and O–H groups in total. The van der Waals surface area contributed by atoms with Crippen molar-refractivity contribution in [2.45, 2.75) is 43.7 Å². The molecule has 1 aliphatic rings. The highest BCUT2D eigenvalue weighted by molar-refractivity contribution is 5.85. The normalized spacial score (nSPS) is 21.9. The van der Waals surface area contributed by atoms with Crippen LogP contribution in [0.25, 0.3) is 0 Å². The van der Waals surface area contributed by atoms with E-state index in [1.165, 1.54) is 5.56 Å². The maximum atomic E-state index is 12.6. The van der Waals surface area contributed by atoms with Gasteiger partial charge in [0.1, 0.15) is 0 Å². The van der Waals surface area contributed by atoms with E-state index in [1.54, 1.807) is 0 Å². The van der Waals surface area contributed by atoms with Gasteiger partial charge in [0.2, 0.25) is 5.91 Å². The lowest BCUT2D eigenvalue weighted by Gasteiger charge is -2.43. The second kappa shape index (κ2) is 10.5. The molecular weight excluding hydrogens is 360 g/mol. The first-order chi connectivity index (χ1) is 12.7. The largest absolute Gasteiger partial charge is 0.389 e. The van der Waals surface area contributed by atoms with Crippen LogP contribution >= 0.6 is 12.4 Å². The number of unbranched alkanes of at least 4 members (excludes halogenated alkanes) is 1. The van der Waals surface area contributed by atoms with Crippen LogP contribution in [-0.2, 0) is 16.8 Å². The fourth-order valence-corrected chi connectivity index (χ4v) is 3.73. The Kier molecular flexibility index (Phi) is 8.29. The number of aryl methyl sites for hydroxylation is 1. The van der Waals surface area contributed by atoms with E-state index in [2.05, 4.69) is 22.8 Å². The maximum absolute atomic E-state index is 12.6. The fraction of sp³-hybridized carbons (Fsp3) is 0.409. The third-order valence-electron chi connectivity index (χ3n) is 5.22. The number of carbonyl (C=O) groups is 1. The lowest BCUT2D eigenvalue weighted by molar-refractivity contribution is -0.125. The van der Waals surface area contributed by atoms with Crippen LogP contribution < -0.4 is 10.6 Å². The molecule has 0 bridgehead atoms. The van der Waals surface area contributed by atoms with Gasteiger partial charge in [-0.3, -0.25) is 4.79 Å². The zero-order valence-electron chi connectivity index (χ0n) is 15.6. The van der Waals surface area contributed by atoms with Gasteiger partial charge in [-0.25, -0.2) is 0 Å². The maximum Gasteiger partial charge on any atom is 0.220 e. The smallest absolute Gasteiger partial charge is 0.220 e. The quantitative estimate of drug-likeness (QED) is 0.638. The van der Waals surface area contributed by atoms with Gasteiger partial charge in [0.15, 0.2) is 0 Å². The number of aliphatic hydroxyl groups excluding tert-OH is 1. The number of rotatable bonds is 7. The highest BCUT2D eigenvalue weighted by Gasteiger charge is 2.42. The summed E-state index contributed by atoms with van der Waals surface area (Å²) < 4.78 is 0. The highest BCUT2D eigenvalue weighted by Crippen LogP contribution is 2.31. The Labute approximate surface area is 167 Å². The van der Waals surface area contributed by atoms with Crippen molar-refractivity contribution in [3.8, 4) is 0 Å². The van der Waals surface area contributed by atoms with E-state index >= 15 is 0 Å². The van der Waals surface area contributed by atoms with Gasteiger partial charge < -0.3 is 15.7 Å². The van der Waals surface area contributed by atoms with E-state index in [0.717, 1.165) is 31.4 Å². The Morgan fingerprint density at radius 3 is 2.41 bits per heavy atom. The number of carbonyl (C=O) groups excluding carboxylic acids is 1.